The van der Waals surface area contributed by atoms with Gasteiger partial charge in [0.05, 0.1) is 29.7 Å². The Labute approximate surface area is 212 Å². The third-order valence-corrected chi connectivity index (χ3v) is 9.02. The van der Waals surface area contributed by atoms with E-state index in [0.717, 1.165) is 47.3 Å². The molecule has 2 unspecified atom stereocenters. The summed E-state index contributed by atoms with van der Waals surface area (Å²) in [5.74, 6) is 1.86. The molecule has 10 heteroatoms. The number of aromatic nitrogens is 4. The average Bonchev–Trinajstić information content (AvgIpc) is 3.50. The summed E-state index contributed by atoms with van der Waals surface area (Å²) >= 11 is 0. The molecule has 0 spiro atoms. The maximum absolute atomic E-state index is 14.0. The Hall–Kier alpha value is -3.30. The molecule has 2 aromatic heterocycles. The quantitative estimate of drug-likeness (QED) is 0.457. The normalized spacial score (nSPS) is 32.1. The zero-order valence-corrected chi connectivity index (χ0v) is 20.3. The molecule has 0 radical (unpaired) electrons. The Kier molecular flexibility index (Phi) is 5.00. The first-order chi connectivity index (χ1) is 17.8. The van der Waals surface area contributed by atoms with Gasteiger partial charge in [-0.25, -0.2) is 4.68 Å². The van der Waals surface area contributed by atoms with Gasteiger partial charge in [-0.3, -0.25) is 9.48 Å². The van der Waals surface area contributed by atoms with Crippen LogP contribution in [0.2, 0.25) is 0 Å². The molecule has 7 nitrogen and oxygen atoms in total. The number of nitrogens with zero attached hydrogens (tertiary/aromatic N) is 4. The van der Waals surface area contributed by atoms with Crippen LogP contribution < -0.4 is 10.6 Å². The molecule has 4 saturated carbocycles. The van der Waals surface area contributed by atoms with Gasteiger partial charge >= 0.3 is 6.18 Å². The molecule has 1 amide bonds. The van der Waals surface area contributed by atoms with Crippen LogP contribution in [0, 0.1) is 17.8 Å². The highest BCUT2D eigenvalue weighted by Crippen LogP contribution is 2.58. The number of rotatable bonds is 4. The van der Waals surface area contributed by atoms with Crippen LogP contribution in [0.15, 0.2) is 48.9 Å². The van der Waals surface area contributed by atoms with Gasteiger partial charge in [-0.15, -0.1) is 0 Å². The fourth-order valence-corrected chi connectivity index (χ4v) is 7.82. The van der Waals surface area contributed by atoms with Crippen molar-refractivity contribution in [2.75, 3.05) is 10.6 Å². The van der Waals surface area contributed by atoms with Crippen molar-refractivity contribution >= 4 is 17.4 Å². The molecule has 8 rings (SSSR count). The summed E-state index contributed by atoms with van der Waals surface area (Å²) in [5, 5.41) is 14.6. The van der Waals surface area contributed by atoms with Crippen molar-refractivity contribution in [2.24, 2.45) is 17.8 Å². The van der Waals surface area contributed by atoms with Crippen LogP contribution in [-0.4, -0.2) is 31.6 Å². The lowest BCUT2D eigenvalue weighted by Crippen LogP contribution is -2.52. The van der Waals surface area contributed by atoms with Crippen molar-refractivity contribution in [3.8, 4) is 0 Å². The highest BCUT2D eigenvalue weighted by Gasteiger charge is 2.52. The van der Waals surface area contributed by atoms with Crippen LogP contribution in [-0.2, 0) is 5.54 Å². The standard InChI is InChI=1S/C27H29F3N6O/c28-27(29,30)23-9-22(19-4-2-1-3-5-19)34-24-21(14-32-36(23)24)25(37)33-20-13-31-35(15-20)26-10-16-6-17(11-26)8-18(7-16)12-26/h1-5,13-18,22-23,34H,6-12H2,(H,33,37). The minimum Gasteiger partial charge on any atom is -0.363 e. The van der Waals surface area contributed by atoms with Gasteiger partial charge in [-0.2, -0.15) is 23.4 Å². The van der Waals surface area contributed by atoms with E-state index in [9.17, 15) is 18.0 Å². The maximum atomic E-state index is 14.0. The van der Waals surface area contributed by atoms with E-state index in [0.29, 0.717) is 5.69 Å². The van der Waals surface area contributed by atoms with Crippen LogP contribution in [0.3, 0.4) is 0 Å². The summed E-state index contributed by atoms with van der Waals surface area (Å²) in [6, 6.07) is 6.56. The number of alkyl halides is 3. The third-order valence-electron chi connectivity index (χ3n) is 9.02. The first-order valence-corrected chi connectivity index (χ1v) is 13.1. The number of hydrogen-bond acceptors (Lipinski definition) is 4. The Morgan fingerprint density at radius 3 is 2.30 bits per heavy atom. The number of nitrogens with one attached hydrogen (secondary N) is 2. The predicted octanol–water partition coefficient (Wildman–Crippen LogP) is 5.92. The summed E-state index contributed by atoms with van der Waals surface area (Å²) in [6.07, 6.45) is 7.42. The van der Waals surface area contributed by atoms with Gasteiger partial charge < -0.3 is 10.6 Å². The average molecular weight is 511 g/mol. The first-order valence-electron chi connectivity index (χ1n) is 13.1. The smallest absolute Gasteiger partial charge is 0.363 e. The second-order valence-electron chi connectivity index (χ2n) is 11.5. The Morgan fingerprint density at radius 1 is 0.973 bits per heavy atom. The highest BCUT2D eigenvalue weighted by molar-refractivity contribution is 6.07. The molecule has 37 heavy (non-hydrogen) atoms. The van der Waals surface area contributed by atoms with Crippen molar-refractivity contribution in [3.63, 3.8) is 0 Å². The molecule has 4 bridgehead atoms. The Morgan fingerprint density at radius 2 is 1.65 bits per heavy atom. The highest BCUT2D eigenvalue weighted by atomic mass is 19.4. The largest absolute Gasteiger partial charge is 0.410 e. The zero-order chi connectivity index (χ0) is 25.4. The Bertz CT molecular complexity index is 1290. The van der Waals surface area contributed by atoms with Gasteiger partial charge in [0.2, 0.25) is 0 Å². The number of benzene rings is 1. The minimum atomic E-state index is -4.50. The molecule has 1 aromatic carbocycles. The lowest BCUT2D eigenvalue weighted by Gasteiger charge is -2.56. The number of hydrogen-bond donors (Lipinski definition) is 2. The van der Waals surface area contributed by atoms with Crippen molar-refractivity contribution in [2.45, 2.75) is 68.7 Å². The van der Waals surface area contributed by atoms with Crippen LogP contribution in [0.5, 0.6) is 0 Å². The van der Waals surface area contributed by atoms with Gasteiger partial charge in [0, 0.05) is 12.6 Å². The fourth-order valence-electron chi connectivity index (χ4n) is 7.82. The monoisotopic (exact) mass is 510 g/mol. The van der Waals surface area contributed by atoms with Gasteiger partial charge in [0.15, 0.2) is 6.04 Å². The van der Waals surface area contributed by atoms with Crippen molar-refractivity contribution in [1.82, 2.24) is 19.6 Å². The molecule has 2 atom stereocenters. The molecular weight excluding hydrogens is 481 g/mol. The number of fused-ring (bicyclic) bond motifs is 1. The summed E-state index contributed by atoms with van der Waals surface area (Å²) in [7, 11) is 0. The Balaban J connectivity index is 1.15. The predicted molar refractivity (Wildman–Crippen MR) is 131 cm³/mol. The maximum Gasteiger partial charge on any atom is 0.410 e. The second kappa shape index (κ2) is 8.10. The number of amides is 1. The summed E-state index contributed by atoms with van der Waals surface area (Å²) in [6.45, 7) is 0. The van der Waals surface area contributed by atoms with Crippen LogP contribution in [0.4, 0.5) is 24.7 Å². The van der Waals surface area contributed by atoms with Crippen molar-refractivity contribution in [3.05, 3.63) is 60.0 Å². The van der Waals surface area contributed by atoms with Gasteiger partial charge in [-0.05, 0) is 61.8 Å². The molecule has 2 N–H and O–H groups in total. The van der Waals surface area contributed by atoms with Gasteiger partial charge in [0.25, 0.3) is 5.91 Å². The summed E-state index contributed by atoms with van der Waals surface area (Å²) in [4.78, 5) is 13.3. The fraction of sp³-hybridized carbons (Fsp3) is 0.519. The van der Waals surface area contributed by atoms with Crippen molar-refractivity contribution < 1.29 is 18.0 Å². The molecule has 194 valence electrons. The molecule has 0 saturated heterocycles. The first kappa shape index (κ1) is 22.9. The van der Waals surface area contributed by atoms with Gasteiger partial charge in [0.1, 0.15) is 11.4 Å². The number of anilines is 2. The summed E-state index contributed by atoms with van der Waals surface area (Å²) in [5.41, 5.74) is 1.38. The molecule has 4 aliphatic carbocycles. The van der Waals surface area contributed by atoms with E-state index in [1.165, 1.54) is 25.5 Å². The molecule has 3 heterocycles. The van der Waals surface area contributed by atoms with E-state index in [1.54, 1.807) is 30.5 Å². The lowest BCUT2D eigenvalue weighted by molar-refractivity contribution is -0.173. The molecule has 1 aliphatic heterocycles. The van der Waals surface area contributed by atoms with E-state index >= 15 is 0 Å². The van der Waals surface area contributed by atoms with E-state index in [-0.39, 0.29) is 23.3 Å². The van der Waals surface area contributed by atoms with Crippen molar-refractivity contribution in [1.29, 1.82) is 0 Å². The number of halogens is 3. The van der Waals surface area contributed by atoms with E-state index in [1.807, 2.05) is 16.9 Å². The van der Waals surface area contributed by atoms with E-state index in [4.69, 9.17) is 0 Å². The van der Waals surface area contributed by atoms with Gasteiger partial charge in [-0.1, -0.05) is 30.3 Å². The molecule has 5 aliphatic rings. The minimum absolute atomic E-state index is 0.0268. The number of carbonyl (C=O) groups is 1. The number of carbonyl (C=O) groups excluding carboxylic acids is 1. The lowest BCUT2D eigenvalue weighted by atomic mass is 9.53. The topological polar surface area (TPSA) is 76.8 Å². The molecular formula is C27H29F3N6O. The van der Waals surface area contributed by atoms with Crippen LogP contribution in [0.1, 0.15) is 73.0 Å². The molecule has 3 aromatic rings. The third kappa shape index (κ3) is 3.83. The zero-order valence-electron chi connectivity index (χ0n) is 20.3. The van der Waals surface area contributed by atoms with Crippen LogP contribution >= 0.6 is 0 Å². The van der Waals surface area contributed by atoms with Crippen LogP contribution in [0.25, 0.3) is 0 Å². The van der Waals surface area contributed by atoms with E-state index in [2.05, 4.69) is 20.8 Å². The SMILES string of the molecule is O=C(Nc1cnn(C23CC4CC(CC(C4)C2)C3)c1)c1cnn2c1NC(c1ccccc1)CC2C(F)(F)F. The van der Waals surface area contributed by atoms with E-state index < -0.39 is 24.2 Å². The summed E-state index contributed by atoms with van der Waals surface area (Å²) < 4.78 is 44.9. The molecule has 4 fully saturated rings. The second-order valence-corrected chi connectivity index (χ2v) is 11.5.